The lowest BCUT2D eigenvalue weighted by Crippen LogP contribution is -2.20. The van der Waals surface area contributed by atoms with Gasteiger partial charge in [-0.15, -0.1) is 0 Å². The summed E-state index contributed by atoms with van der Waals surface area (Å²) in [7, 11) is 1.55. The highest BCUT2D eigenvalue weighted by molar-refractivity contribution is 5.75. The molecule has 0 unspecified atom stereocenters. The van der Waals surface area contributed by atoms with Crippen LogP contribution in [-0.2, 0) is 4.79 Å². The number of nitrogens with two attached hydrogens (primary N) is 1. The molecule has 5 heteroatoms. The van der Waals surface area contributed by atoms with Crippen LogP contribution < -0.4 is 15.8 Å². The number of hydrogen-bond donors (Lipinski definition) is 2. The fourth-order valence-corrected chi connectivity index (χ4v) is 1.03. The molecule has 0 atom stereocenters. The van der Waals surface area contributed by atoms with Gasteiger partial charge in [-0.2, -0.15) is 0 Å². The second-order valence-corrected chi connectivity index (χ2v) is 2.95. The number of carbonyl (C=O) groups excluding carboxylic acids is 1. The first-order valence-electron chi connectivity index (χ1n) is 4.52. The van der Waals surface area contributed by atoms with Crippen molar-refractivity contribution in [2.75, 3.05) is 19.4 Å². The van der Waals surface area contributed by atoms with Crippen LogP contribution in [-0.4, -0.2) is 19.6 Å². The van der Waals surface area contributed by atoms with Crippen molar-refractivity contribution < 1.29 is 13.9 Å². The minimum Gasteiger partial charge on any atom is -0.491 e. The van der Waals surface area contributed by atoms with Crippen molar-refractivity contribution in [3.8, 4) is 5.75 Å². The maximum atomic E-state index is 12.7. The molecule has 1 aromatic rings. The average molecular weight is 212 g/mol. The van der Waals surface area contributed by atoms with Crippen LogP contribution in [0.25, 0.3) is 0 Å². The zero-order chi connectivity index (χ0) is 11.3. The van der Waals surface area contributed by atoms with E-state index >= 15 is 0 Å². The van der Waals surface area contributed by atoms with Gasteiger partial charge in [0.15, 0.2) is 0 Å². The van der Waals surface area contributed by atoms with Gasteiger partial charge in [0.25, 0.3) is 0 Å². The van der Waals surface area contributed by atoms with Crippen molar-refractivity contribution in [2.24, 2.45) is 0 Å². The average Bonchev–Trinajstić information content (AvgIpc) is 2.21. The number of carbonyl (C=O) groups is 1. The second-order valence-electron chi connectivity index (χ2n) is 2.95. The molecule has 0 radical (unpaired) electrons. The third-order valence-electron chi connectivity index (χ3n) is 1.84. The van der Waals surface area contributed by atoms with Crippen molar-refractivity contribution in [3.05, 3.63) is 24.0 Å². The smallest absolute Gasteiger partial charge is 0.223 e. The van der Waals surface area contributed by atoms with Crippen LogP contribution in [0.4, 0.5) is 10.1 Å². The van der Waals surface area contributed by atoms with Crippen LogP contribution in [0.5, 0.6) is 5.75 Å². The molecule has 0 aliphatic rings. The highest BCUT2D eigenvalue weighted by Crippen LogP contribution is 2.21. The molecule has 3 N–H and O–H groups in total. The number of amides is 1. The van der Waals surface area contributed by atoms with Gasteiger partial charge < -0.3 is 15.8 Å². The van der Waals surface area contributed by atoms with Gasteiger partial charge in [0.1, 0.15) is 11.6 Å². The lowest BCUT2D eigenvalue weighted by molar-refractivity contribution is -0.121. The number of hydrogen-bond acceptors (Lipinski definition) is 3. The van der Waals surface area contributed by atoms with Gasteiger partial charge in [0.2, 0.25) is 5.91 Å². The van der Waals surface area contributed by atoms with E-state index in [4.69, 9.17) is 10.5 Å². The molecule has 0 aliphatic carbocycles. The monoisotopic (exact) mass is 212 g/mol. The number of benzene rings is 1. The summed E-state index contributed by atoms with van der Waals surface area (Å²) in [4.78, 5) is 10.9. The first kappa shape index (κ1) is 11.3. The summed E-state index contributed by atoms with van der Waals surface area (Å²) in [6.07, 6.45) is 0.243. The number of nitrogen functional groups attached to an aromatic ring is 1. The summed E-state index contributed by atoms with van der Waals surface area (Å²) in [5.74, 6) is -0.137. The van der Waals surface area contributed by atoms with E-state index in [0.717, 1.165) is 0 Å². The highest BCUT2D eigenvalue weighted by Gasteiger charge is 2.03. The summed E-state index contributed by atoms with van der Waals surface area (Å²) >= 11 is 0. The highest BCUT2D eigenvalue weighted by atomic mass is 19.1. The van der Waals surface area contributed by atoms with Gasteiger partial charge >= 0.3 is 0 Å². The van der Waals surface area contributed by atoms with E-state index < -0.39 is 5.82 Å². The summed E-state index contributed by atoms with van der Waals surface area (Å²) in [6.45, 7) is 0.218. The number of halogens is 1. The van der Waals surface area contributed by atoms with E-state index in [9.17, 15) is 9.18 Å². The molecule has 0 aliphatic heterocycles. The molecular formula is C10H13FN2O2. The molecule has 1 aromatic carbocycles. The van der Waals surface area contributed by atoms with E-state index in [1.165, 1.54) is 18.2 Å². The quantitative estimate of drug-likeness (QED) is 0.729. The van der Waals surface area contributed by atoms with E-state index in [0.29, 0.717) is 5.75 Å². The third kappa shape index (κ3) is 3.46. The molecule has 4 nitrogen and oxygen atoms in total. The molecule has 0 spiro atoms. The standard InChI is InChI=1S/C10H13FN2O2/c1-13-10(14)4-5-15-9-3-2-7(11)6-8(9)12/h2-3,6H,4-5,12H2,1H3,(H,13,14). The molecule has 1 amide bonds. The zero-order valence-corrected chi connectivity index (χ0v) is 8.42. The Morgan fingerprint density at radius 3 is 2.93 bits per heavy atom. The minimum absolute atomic E-state index is 0.115. The van der Waals surface area contributed by atoms with Gasteiger partial charge in [-0.3, -0.25) is 4.79 Å². The van der Waals surface area contributed by atoms with E-state index in [1.807, 2.05) is 0 Å². The topological polar surface area (TPSA) is 64.3 Å². The van der Waals surface area contributed by atoms with Crippen LogP contribution in [0.2, 0.25) is 0 Å². The number of nitrogens with one attached hydrogen (secondary N) is 1. The van der Waals surface area contributed by atoms with Gasteiger partial charge in [-0.25, -0.2) is 4.39 Å². The Morgan fingerprint density at radius 2 is 2.33 bits per heavy atom. The zero-order valence-electron chi connectivity index (χ0n) is 8.42. The number of anilines is 1. The molecule has 0 saturated heterocycles. The molecule has 0 bridgehead atoms. The maximum Gasteiger partial charge on any atom is 0.223 e. The molecule has 82 valence electrons. The van der Waals surface area contributed by atoms with Crippen molar-refractivity contribution >= 4 is 11.6 Å². The largest absolute Gasteiger partial charge is 0.491 e. The summed E-state index contributed by atoms with van der Waals surface area (Å²) in [5.41, 5.74) is 5.73. The Labute approximate surface area is 87.2 Å². The van der Waals surface area contributed by atoms with Gasteiger partial charge in [-0.1, -0.05) is 0 Å². The van der Waals surface area contributed by atoms with Crippen LogP contribution in [0.15, 0.2) is 18.2 Å². The van der Waals surface area contributed by atoms with Gasteiger partial charge in [0, 0.05) is 13.1 Å². The van der Waals surface area contributed by atoms with Crippen molar-refractivity contribution in [2.45, 2.75) is 6.42 Å². The molecule has 0 fully saturated rings. The van der Waals surface area contributed by atoms with E-state index in [1.54, 1.807) is 7.05 Å². The summed E-state index contributed by atoms with van der Waals surface area (Å²) in [5, 5.41) is 2.46. The molecule has 0 saturated carbocycles. The summed E-state index contributed by atoms with van der Waals surface area (Å²) < 4.78 is 17.9. The lowest BCUT2D eigenvalue weighted by Gasteiger charge is -2.07. The van der Waals surface area contributed by atoms with Crippen molar-refractivity contribution in [3.63, 3.8) is 0 Å². The predicted octanol–water partition coefficient (Wildman–Crippen LogP) is 0.923. The molecule has 1 rings (SSSR count). The lowest BCUT2D eigenvalue weighted by atomic mass is 10.3. The van der Waals surface area contributed by atoms with Crippen molar-refractivity contribution in [1.29, 1.82) is 0 Å². The minimum atomic E-state index is -0.411. The van der Waals surface area contributed by atoms with Gasteiger partial charge in [-0.05, 0) is 12.1 Å². The van der Waals surface area contributed by atoms with Crippen LogP contribution in [0.3, 0.4) is 0 Å². The number of ether oxygens (including phenoxy) is 1. The second kappa shape index (κ2) is 5.19. The first-order chi connectivity index (χ1) is 7.13. The van der Waals surface area contributed by atoms with E-state index in [-0.39, 0.29) is 24.6 Å². The normalized spacial score (nSPS) is 9.73. The van der Waals surface area contributed by atoms with Crippen LogP contribution >= 0.6 is 0 Å². The number of rotatable bonds is 4. The third-order valence-corrected chi connectivity index (χ3v) is 1.84. The van der Waals surface area contributed by atoms with E-state index in [2.05, 4.69) is 5.32 Å². The maximum absolute atomic E-state index is 12.7. The molecule has 0 heterocycles. The first-order valence-corrected chi connectivity index (χ1v) is 4.52. The molecule has 15 heavy (non-hydrogen) atoms. The predicted molar refractivity (Wildman–Crippen MR) is 55.0 cm³/mol. The molecular weight excluding hydrogens is 199 g/mol. The SMILES string of the molecule is CNC(=O)CCOc1ccc(F)cc1N. The van der Waals surface area contributed by atoms with Crippen LogP contribution in [0, 0.1) is 5.82 Å². The Balaban J connectivity index is 2.47. The van der Waals surface area contributed by atoms with Crippen LogP contribution in [0.1, 0.15) is 6.42 Å². The Morgan fingerprint density at radius 1 is 1.60 bits per heavy atom. The fraction of sp³-hybridized carbons (Fsp3) is 0.300. The Hall–Kier alpha value is -1.78. The Kier molecular flexibility index (Phi) is 3.91. The molecule has 0 aromatic heterocycles. The van der Waals surface area contributed by atoms with Crippen molar-refractivity contribution in [1.82, 2.24) is 5.32 Å². The van der Waals surface area contributed by atoms with Gasteiger partial charge in [0.05, 0.1) is 18.7 Å². The fourth-order valence-electron chi connectivity index (χ4n) is 1.03. The summed E-state index contributed by atoms with van der Waals surface area (Å²) in [6, 6.07) is 3.87. The Bertz CT molecular complexity index is 355.